The van der Waals surface area contributed by atoms with Crippen LogP contribution in [-0.4, -0.2) is 0 Å². The van der Waals surface area contributed by atoms with Gasteiger partial charge >= 0.3 is 0 Å². The molecule has 0 amide bonds. The fraction of sp³-hybridized carbons (Fsp3) is 0. The van der Waals surface area contributed by atoms with Gasteiger partial charge < -0.3 is 5.73 Å². The van der Waals surface area contributed by atoms with Crippen LogP contribution < -0.4 is 5.73 Å². The first kappa shape index (κ1) is 12.2. The molecule has 1 nitrogen and oxygen atoms in total. The molecule has 0 aliphatic carbocycles. The Balaban J connectivity index is 2.25. The molecule has 2 aromatic carbocycles. The van der Waals surface area contributed by atoms with E-state index in [9.17, 15) is 0 Å². The highest BCUT2D eigenvalue weighted by molar-refractivity contribution is 9.11. The molecule has 0 saturated carbocycles. The van der Waals surface area contributed by atoms with Crippen molar-refractivity contribution >= 4 is 59.0 Å². The molecule has 2 N–H and O–H groups in total. The maximum Gasteiger partial charge on any atom is 0.0491 e. The molecule has 0 radical (unpaired) electrons. The van der Waals surface area contributed by atoms with Crippen molar-refractivity contribution in [3.63, 3.8) is 0 Å². The van der Waals surface area contributed by atoms with Gasteiger partial charge in [-0.3, -0.25) is 0 Å². The van der Waals surface area contributed by atoms with E-state index in [1.807, 2.05) is 12.1 Å². The number of fused-ring (bicyclic) bond motifs is 1. The third-order valence-electron chi connectivity index (χ3n) is 2.86. The molecular weight excluding hydrogens is 374 g/mol. The molecule has 0 atom stereocenters. The second kappa shape index (κ2) is 4.68. The van der Waals surface area contributed by atoms with Crippen LogP contribution in [0.15, 0.2) is 50.7 Å². The van der Waals surface area contributed by atoms with Gasteiger partial charge in [-0.05, 0) is 61.0 Å². The lowest BCUT2D eigenvalue weighted by molar-refractivity contribution is 1.62. The number of rotatable bonds is 1. The number of benzene rings is 2. The predicted octanol–water partition coefficient (Wildman–Crippen LogP) is 5.68. The molecule has 0 unspecified atom stereocenters. The molecular formula is C14H9Br2NS. The van der Waals surface area contributed by atoms with E-state index in [0.29, 0.717) is 0 Å². The van der Waals surface area contributed by atoms with Crippen molar-refractivity contribution < 1.29 is 0 Å². The zero-order valence-electron chi connectivity index (χ0n) is 9.28. The van der Waals surface area contributed by atoms with E-state index in [-0.39, 0.29) is 0 Å². The molecule has 0 aliphatic rings. The van der Waals surface area contributed by atoms with Gasteiger partial charge in [0.15, 0.2) is 0 Å². The minimum absolute atomic E-state index is 0.766. The molecule has 4 heteroatoms. The summed E-state index contributed by atoms with van der Waals surface area (Å²) in [5.74, 6) is 0. The summed E-state index contributed by atoms with van der Waals surface area (Å²) in [5.41, 5.74) is 9.10. The van der Waals surface area contributed by atoms with Gasteiger partial charge in [-0.25, -0.2) is 0 Å². The highest BCUT2D eigenvalue weighted by Gasteiger charge is 2.09. The fourth-order valence-corrected chi connectivity index (χ4v) is 3.83. The topological polar surface area (TPSA) is 26.0 Å². The quantitative estimate of drug-likeness (QED) is 0.538. The Morgan fingerprint density at radius 3 is 2.61 bits per heavy atom. The summed E-state index contributed by atoms with van der Waals surface area (Å²) in [7, 11) is 0. The molecule has 0 aliphatic heterocycles. The Morgan fingerprint density at radius 2 is 1.83 bits per heavy atom. The van der Waals surface area contributed by atoms with Crippen molar-refractivity contribution in [3.05, 3.63) is 50.7 Å². The number of hydrogen-bond acceptors (Lipinski definition) is 2. The molecule has 0 fully saturated rings. The van der Waals surface area contributed by atoms with Crippen LogP contribution in [0.4, 0.5) is 5.69 Å². The largest absolute Gasteiger partial charge is 0.398 e. The Morgan fingerprint density at radius 1 is 1.00 bits per heavy atom. The Kier molecular flexibility index (Phi) is 3.18. The molecule has 3 aromatic rings. The minimum atomic E-state index is 0.766. The Bertz CT molecular complexity index is 734. The molecule has 1 heterocycles. The second-order valence-electron chi connectivity index (χ2n) is 4.00. The standard InChI is InChI=1S/C14H9Br2NS/c15-11-5-4-8(6-13(11)17)10-7-18-14-9(10)2-1-3-12(14)16/h1-7H,17H2. The summed E-state index contributed by atoms with van der Waals surface area (Å²) in [5, 5.41) is 3.44. The first-order chi connectivity index (χ1) is 8.66. The van der Waals surface area contributed by atoms with Crippen LogP contribution in [0.2, 0.25) is 0 Å². The molecule has 90 valence electrons. The lowest BCUT2D eigenvalue weighted by atomic mass is 10.0. The van der Waals surface area contributed by atoms with E-state index < -0.39 is 0 Å². The van der Waals surface area contributed by atoms with E-state index in [2.05, 4.69) is 61.5 Å². The summed E-state index contributed by atoms with van der Waals surface area (Å²) < 4.78 is 3.35. The van der Waals surface area contributed by atoms with Crippen LogP contribution in [0, 0.1) is 0 Å². The van der Waals surface area contributed by atoms with Gasteiger partial charge in [0, 0.05) is 30.3 Å². The number of nitrogens with two attached hydrogens (primary N) is 1. The maximum absolute atomic E-state index is 5.95. The van der Waals surface area contributed by atoms with Crippen molar-refractivity contribution in [1.82, 2.24) is 0 Å². The van der Waals surface area contributed by atoms with Crippen LogP contribution in [0.3, 0.4) is 0 Å². The zero-order chi connectivity index (χ0) is 12.7. The van der Waals surface area contributed by atoms with E-state index in [1.54, 1.807) is 11.3 Å². The van der Waals surface area contributed by atoms with Gasteiger partial charge in [0.2, 0.25) is 0 Å². The summed E-state index contributed by atoms with van der Waals surface area (Å²) in [6.07, 6.45) is 0. The molecule has 3 rings (SSSR count). The van der Waals surface area contributed by atoms with Crippen LogP contribution in [0.1, 0.15) is 0 Å². The highest BCUT2D eigenvalue weighted by Crippen LogP contribution is 2.38. The first-order valence-corrected chi connectivity index (χ1v) is 7.84. The van der Waals surface area contributed by atoms with E-state index in [1.165, 1.54) is 15.6 Å². The number of hydrogen-bond donors (Lipinski definition) is 1. The summed E-state index contributed by atoms with van der Waals surface area (Å²) >= 11 is 8.76. The van der Waals surface area contributed by atoms with Gasteiger partial charge in [-0.1, -0.05) is 18.2 Å². The van der Waals surface area contributed by atoms with Crippen molar-refractivity contribution in [2.75, 3.05) is 5.73 Å². The second-order valence-corrected chi connectivity index (χ2v) is 6.59. The third kappa shape index (κ3) is 1.98. The van der Waals surface area contributed by atoms with Crippen molar-refractivity contribution in [1.29, 1.82) is 0 Å². The number of nitrogen functional groups attached to an aromatic ring is 1. The van der Waals surface area contributed by atoms with Gasteiger partial charge in [0.05, 0.1) is 0 Å². The number of halogens is 2. The molecule has 1 aromatic heterocycles. The smallest absolute Gasteiger partial charge is 0.0491 e. The fourth-order valence-electron chi connectivity index (χ4n) is 1.96. The van der Waals surface area contributed by atoms with Gasteiger partial charge in [0.1, 0.15) is 0 Å². The Hall–Kier alpha value is -0.840. The molecule has 0 spiro atoms. The van der Waals surface area contributed by atoms with E-state index in [4.69, 9.17) is 5.73 Å². The summed E-state index contributed by atoms with van der Waals surface area (Å²) in [6, 6.07) is 12.4. The van der Waals surface area contributed by atoms with E-state index >= 15 is 0 Å². The SMILES string of the molecule is Nc1cc(-c2csc3c(Br)cccc23)ccc1Br. The average Bonchev–Trinajstić information content (AvgIpc) is 2.78. The maximum atomic E-state index is 5.95. The van der Waals surface area contributed by atoms with Crippen molar-refractivity contribution in [2.24, 2.45) is 0 Å². The lowest BCUT2D eigenvalue weighted by Crippen LogP contribution is -1.87. The average molecular weight is 383 g/mol. The van der Waals surface area contributed by atoms with Crippen LogP contribution in [0.25, 0.3) is 21.2 Å². The molecule has 0 bridgehead atoms. The number of anilines is 1. The van der Waals surface area contributed by atoms with Crippen LogP contribution in [-0.2, 0) is 0 Å². The predicted molar refractivity (Wildman–Crippen MR) is 87.1 cm³/mol. The third-order valence-corrected chi connectivity index (χ3v) is 5.53. The zero-order valence-corrected chi connectivity index (χ0v) is 13.3. The normalized spacial score (nSPS) is 11.0. The number of thiophene rings is 1. The van der Waals surface area contributed by atoms with Crippen LogP contribution >= 0.6 is 43.2 Å². The monoisotopic (exact) mass is 381 g/mol. The van der Waals surface area contributed by atoms with Gasteiger partial charge in [-0.15, -0.1) is 11.3 Å². The summed E-state index contributed by atoms with van der Waals surface area (Å²) in [4.78, 5) is 0. The minimum Gasteiger partial charge on any atom is -0.398 e. The van der Waals surface area contributed by atoms with Gasteiger partial charge in [0.25, 0.3) is 0 Å². The van der Waals surface area contributed by atoms with Crippen molar-refractivity contribution in [2.45, 2.75) is 0 Å². The summed E-state index contributed by atoms with van der Waals surface area (Å²) in [6.45, 7) is 0. The lowest BCUT2D eigenvalue weighted by Gasteiger charge is -2.03. The van der Waals surface area contributed by atoms with E-state index in [0.717, 1.165) is 20.2 Å². The van der Waals surface area contributed by atoms with Gasteiger partial charge in [-0.2, -0.15) is 0 Å². The molecule has 18 heavy (non-hydrogen) atoms. The van der Waals surface area contributed by atoms with Crippen LogP contribution in [0.5, 0.6) is 0 Å². The van der Waals surface area contributed by atoms with Crippen molar-refractivity contribution in [3.8, 4) is 11.1 Å². The molecule has 0 saturated heterocycles. The Labute approximate surface area is 126 Å². The first-order valence-electron chi connectivity index (χ1n) is 5.38. The highest BCUT2D eigenvalue weighted by atomic mass is 79.9.